The number of carbonyl (C=O) groups is 3. The molecule has 152 valence electrons. The lowest BCUT2D eigenvalue weighted by Crippen LogP contribution is -2.45. The highest BCUT2D eigenvalue weighted by Gasteiger charge is 2.51. The average molecular weight is 397 g/mol. The summed E-state index contributed by atoms with van der Waals surface area (Å²) in [5.74, 6) is -1.33. The van der Waals surface area contributed by atoms with Gasteiger partial charge in [0.2, 0.25) is 5.91 Å². The molecule has 6 nitrogen and oxygen atoms in total. The van der Waals surface area contributed by atoms with E-state index in [1.165, 1.54) is 29.8 Å². The molecular weight excluding hydrogens is 373 g/mol. The van der Waals surface area contributed by atoms with Crippen LogP contribution in [0.1, 0.15) is 30.9 Å². The van der Waals surface area contributed by atoms with E-state index in [4.69, 9.17) is 0 Å². The fraction of sp³-hybridized carbons (Fsp3) is 0.318. The number of hydrogen-bond donors (Lipinski definition) is 2. The summed E-state index contributed by atoms with van der Waals surface area (Å²) in [6.07, 6.45) is 1.87. The van der Waals surface area contributed by atoms with E-state index < -0.39 is 29.2 Å². The summed E-state index contributed by atoms with van der Waals surface area (Å²) in [5, 5.41) is 5.43. The van der Waals surface area contributed by atoms with Gasteiger partial charge in [0.05, 0.1) is 0 Å². The molecule has 2 aromatic rings. The lowest BCUT2D eigenvalue weighted by molar-refractivity contribution is -0.135. The van der Waals surface area contributed by atoms with Crippen molar-refractivity contribution in [1.29, 1.82) is 0 Å². The Morgan fingerprint density at radius 2 is 1.79 bits per heavy atom. The Morgan fingerprint density at radius 1 is 1.10 bits per heavy atom. The highest BCUT2D eigenvalue weighted by Crippen LogP contribution is 2.32. The Bertz CT molecular complexity index is 886. The van der Waals surface area contributed by atoms with Crippen LogP contribution in [0.3, 0.4) is 0 Å². The van der Waals surface area contributed by atoms with Crippen molar-refractivity contribution in [1.82, 2.24) is 15.5 Å². The van der Waals surface area contributed by atoms with Gasteiger partial charge in [-0.05, 0) is 42.5 Å². The zero-order valence-corrected chi connectivity index (χ0v) is 16.3. The predicted molar refractivity (Wildman–Crippen MR) is 106 cm³/mol. The number of nitrogens with zero attached hydrogens (tertiary/aromatic N) is 1. The standard InChI is InChI=1S/C22H24FN3O3/c1-2-22(17-10-12-18(23)13-11-17)20(28)26(21(29)25-22)15-19(27)24-14-6-9-16-7-4-3-5-8-16/h3-5,7-8,10-13H,2,6,9,14-15H2,1H3,(H,24,27)(H,25,29). The maximum absolute atomic E-state index is 13.2. The van der Waals surface area contributed by atoms with Crippen molar-refractivity contribution in [2.45, 2.75) is 31.7 Å². The van der Waals surface area contributed by atoms with Crippen LogP contribution in [0.5, 0.6) is 0 Å². The third kappa shape index (κ3) is 4.45. The number of rotatable bonds is 8. The van der Waals surface area contributed by atoms with Crippen LogP contribution >= 0.6 is 0 Å². The second kappa shape index (κ2) is 8.86. The van der Waals surface area contributed by atoms with Crippen molar-refractivity contribution in [2.75, 3.05) is 13.1 Å². The van der Waals surface area contributed by atoms with Crippen LogP contribution in [-0.4, -0.2) is 35.8 Å². The Labute approximate surface area is 169 Å². The molecule has 1 aliphatic heterocycles. The maximum Gasteiger partial charge on any atom is 0.325 e. The van der Waals surface area contributed by atoms with E-state index in [0.717, 1.165) is 17.7 Å². The molecule has 1 atom stereocenters. The van der Waals surface area contributed by atoms with Gasteiger partial charge in [-0.2, -0.15) is 0 Å². The topological polar surface area (TPSA) is 78.5 Å². The van der Waals surface area contributed by atoms with Gasteiger partial charge in [-0.1, -0.05) is 49.4 Å². The smallest absolute Gasteiger partial charge is 0.325 e. The SMILES string of the molecule is CCC1(c2ccc(F)cc2)NC(=O)N(CC(=O)NCCCc2ccccc2)C1=O. The molecular formula is C22H24FN3O3. The number of aryl methyl sites for hydroxylation is 1. The first-order valence-electron chi connectivity index (χ1n) is 9.67. The molecule has 0 bridgehead atoms. The van der Waals surface area contributed by atoms with E-state index in [-0.39, 0.29) is 6.54 Å². The van der Waals surface area contributed by atoms with Gasteiger partial charge in [-0.25, -0.2) is 9.18 Å². The molecule has 7 heteroatoms. The normalized spacial score (nSPS) is 18.6. The number of hydrogen-bond acceptors (Lipinski definition) is 3. The van der Waals surface area contributed by atoms with E-state index in [0.29, 0.717) is 18.5 Å². The molecule has 0 saturated carbocycles. The zero-order valence-electron chi connectivity index (χ0n) is 16.3. The number of nitrogens with one attached hydrogen (secondary N) is 2. The molecule has 4 amide bonds. The zero-order chi connectivity index (χ0) is 20.9. The van der Waals surface area contributed by atoms with Crippen molar-refractivity contribution < 1.29 is 18.8 Å². The first-order chi connectivity index (χ1) is 14.0. The number of amides is 4. The number of benzene rings is 2. The highest BCUT2D eigenvalue weighted by molar-refractivity contribution is 6.09. The average Bonchev–Trinajstić information content (AvgIpc) is 2.97. The number of halogens is 1. The molecule has 2 aromatic carbocycles. The van der Waals surface area contributed by atoms with Crippen LogP contribution in [0.25, 0.3) is 0 Å². The minimum Gasteiger partial charge on any atom is -0.355 e. The number of urea groups is 1. The highest BCUT2D eigenvalue weighted by atomic mass is 19.1. The van der Waals surface area contributed by atoms with E-state index in [2.05, 4.69) is 10.6 Å². The molecule has 0 radical (unpaired) electrons. The second-order valence-corrected chi connectivity index (χ2v) is 7.03. The third-order valence-electron chi connectivity index (χ3n) is 5.15. The van der Waals surface area contributed by atoms with Crippen molar-refractivity contribution in [3.8, 4) is 0 Å². The van der Waals surface area contributed by atoms with Gasteiger partial charge in [0.25, 0.3) is 5.91 Å². The lowest BCUT2D eigenvalue weighted by atomic mass is 9.87. The van der Waals surface area contributed by atoms with Crippen LogP contribution in [0.2, 0.25) is 0 Å². The number of imide groups is 1. The lowest BCUT2D eigenvalue weighted by Gasteiger charge is -2.25. The minimum atomic E-state index is -1.28. The largest absolute Gasteiger partial charge is 0.355 e. The van der Waals surface area contributed by atoms with Gasteiger partial charge in [0.1, 0.15) is 17.9 Å². The summed E-state index contributed by atoms with van der Waals surface area (Å²) in [5.41, 5.74) is 0.395. The molecule has 2 N–H and O–H groups in total. The Balaban J connectivity index is 1.57. The first-order valence-corrected chi connectivity index (χ1v) is 9.67. The van der Waals surface area contributed by atoms with Gasteiger partial charge >= 0.3 is 6.03 Å². The molecule has 0 spiro atoms. The van der Waals surface area contributed by atoms with Gasteiger partial charge in [0.15, 0.2) is 0 Å². The van der Waals surface area contributed by atoms with Gasteiger partial charge in [-0.3, -0.25) is 14.5 Å². The van der Waals surface area contributed by atoms with E-state index >= 15 is 0 Å². The quantitative estimate of drug-likeness (QED) is 0.531. The molecule has 1 fully saturated rings. The summed E-state index contributed by atoms with van der Waals surface area (Å²) in [6.45, 7) is 1.86. The Kier molecular flexibility index (Phi) is 6.26. The summed E-state index contributed by atoms with van der Waals surface area (Å²) >= 11 is 0. The maximum atomic E-state index is 13.2. The molecule has 0 aromatic heterocycles. The fourth-order valence-corrected chi connectivity index (χ4v) is 3.51. The van der Waals surface area contributed by atoms with E-state index in [1.54, 1.807) is 6.92 Å². The van der Waals surface area contributed by atoms with Gasteiger partial charge in [0, 0.05) is 6.54 Å². The molecule has 3 rings (SSSR count). The van der Waals surface area contributed by atoms with Crippen molar-refractivity contribution in [3.05, 3.63) is 71.5 Å². The fourth-order valence-electron chi connectivity index (χ4n) is 3.51. The minimum absolute atomic E-state index is 0.290. The van der Waals surface area contributed by atoms with Crippen LogP contribution in [0.15, 0.2) is 54.6 Å². The molecule has 29 heavy (non-hydrogen) atoms. The number of carbonyl (C=O) groups excluding carboxylic acids is 3. The molecule has 0 aliphatic carbocycles. The second-order valence-electron chi connectivity index (χ2n) is 7.03. The van der Waals surface area contributed by atoms with Crippen molar-refractivity contribution in [3.63, 3.8) is 0 Å². The summed E-state index contributed by atoms with van der Waals surface area (Å²) in [7, 11) is 0. The summed E-state index contributed by atoms with van der Waals surface area (Å²) in [6, 6.07) is 14.7. The Hall–Kier alpha value is -3.22. The van der Waals surface area contributed by atoms with E-state index in [1.807, 2.05) is 30.3 Å². The molecule has 1 unspecified atom stereocenters. The van der Waals surface area contributed by atoms with Gasteiger partial charge in [-0.15, -0.1) is 0 Å². The van der Waals surface area contributed by atoms with Crippen molar-refractivity contribution in [2.24, 2.45) is 0 Å². The summed E-state index contributed by atoms with van der Waals surface area (Å²) < 4.78 is 13.2. The van der Waals surface area contributed by atoms with Gasteiger partial charge < -0.3 is 10.6 Å². The molecule has 1 heterocycles. The summed E-state index contributed by atoms with van der Waals surface area (Å²) in [4.78, 5) is 38.5. The predicted octanol–water partition coefficient (Wildman–Crippen LogP) is 2.73. The van der Waals surface area contributed by atoms with Crippen molar-refractivity contribution >= 4 is 17.8 Å². The first kappa shape index (κ1) is 20.5. The van der Waals surface area contributed by atoms with Crippen LogP contribution in [0.4, 0.5) is 9.18 Å². The Morgan fingerprint density at radius 3 is 2.45 bits per heavy atom. The van der Waals surface area contributed by atoms with Crippen LogP contribution in [0, 0.1) is 5.82 Å². The van der Waals surface area contributed by atoms with E-state index in [9.17, 15) is 18.8 Å². The molecule has 1 saturated heterocycles. The monoisotopic (exact) mass is 397 g/mol. The van der Waals surface area contributed by atoms with Crippen LogP contribution < -0.4 is 10.6 Å². The molecule has 1 aliphatic rings. The third-order valence-corrected chi connectivity index (χ3v) is 5.15. The van der Waals surface area contributed by atoms with Crippen LogP contribution in [-0.2, 0) is 21.5 Å².